The normalized spacial score (nSPS) is 16.7. The van der Waals surface area contributed by atoms with Gasteiger partial charge in [0, 0.05) is 19.4 Å². The average molecular weight is 286 g/mol. The van der Waals surface area contributed by atoms with Gasteiger partial charge < -0.3 is 5.73 Å². The van der Waals surface area contributed by atoms with E-state index in [9.17, 15) is 22.8 Å². The van der Waals surface area contributed by atoms with Gasteiger partial charge in [0.1, 0.15) is 0 Å². The number of alkyl halides is 3. The summed E-state index contributed by atoms with van der Waals surface area (Å²) in [5.74, 6) is -0.954. The van der Waals surface area contributed by atoms with Crippen molar-refractivity contribution in [3.8, 4) is 0 Å². The third-order valence-corrected chi connectivity index (χ3v) is 3.16. The second-order valence-electron chi connectivity index (χ2n) is 4.52. The van der Waals surface area contributed by atoms with Crippen LogP contribution in [0.3, 0.4) is 0 Å². The molecule has 2 N–H and O–H groups in total. The highest BCUT2D eigenvalue weighted by Gasteiger charge is 2.35. The van der Waals surface area contributed by atoms with Gasteiger partial charge in [0.05, 0.1) is 11.3 Å². The molecule has 20 heavy (non-hydrogen) atoms. The maximum Gasteiger partial charge on any atom is 0.416 e. The van der Waals surface area contributed by atoms with Crippen LogP contribution < -0.4 is 10.6 Å². The minimum Gasteiger partial charge on any atom is -0.326 e. The Morgan fingerprint density at radius 2 is 1.75 bits per heavy atom. The Bertz CT molecular complexity index is 539. The number of hydrogen-bond donors (Lipinski definition) is 1. The van der Waals surface area contributed by atoms with Crippen molar-refractivity contribution in [3.05, 3.63) is 29.3 Å². The number of nitrogens with zero attached hydrogens (tertiary/aromatic N) is 1. The first-order chi connectivity index (χ1) is 9.34. The summed E-state index contributed by atoms with van der Waals surface area (Å²) in [5.41, 5.74) is 4.25. The summed E-state index contributed by atoms with van der Waals surface area (Å²) in [6, 6.07) is 3.33. The number of carbonyl (C=O) groups is 2. The summed E-state index contributed by atoms with van der Waals surface area (Å²) in [4.78, 5) is 24.3. The molecule has 1 saturated heterocycles. The fourth-order valence-corrected chi connectivity index (χ4v) is 2.19. The van der Waals surface area contributed by atoms with Gasteiger partial charge in [0.15, 0.2) is 0 Å². The van der Waals surface area contributed by atoms with Crippen LogP contribution in [0.5, 0.6) is 0 Å². The van der Waals surface area contributed by atoms with Crippen LogP contribution in [-0.4, -0.2) is 11.8 Å². The van der Waals surface area contributed by atoms with Crippen molar-refractivity contribution < 1.29 is 22.8 Å². The van der Waals surface area contributed by atoms with Crippen LogP contribution >= 0.6 is 0 Å². The topological polar surface area (TPSA) is 63.4 Å². The van der Waals surface area contributed by atoms with Crippen LogP contribution in [0.25, 0.3) is 0 Å². The van der Waals surface area contributed by atoms with E-state index < -0.39 is 23.6 Å². The molecule has 7 heteroatoms. The van der Waals surface area contributed by atoms with Crippen molar-refractivity contribution in [2.45, 2.75) is 32.0 Å². The molecule has 1 aliphatic rings. The number of rotatable bonds is 2. The largest absolute Gasteiger partial charge is 0.416 e. The molecule has 2 rings (SSSR count). The Morgan fingerprint density at radius 3 is 2.25 bits per heavy atom. The molecule has 2 amide bonds. The van der Waals surface area contributed by atoms with Gasteiger partial charge in [0.2, 0.25) is 11.8 Å². The van der Waals surface area contributed by atoms with Crippen molar-refractivity contribution >= 4 is 17.5 Å². The van der Waals surface area contributed by atoms with Gasteiger partial charge in [-0.25, -0.2) is 0 Å². The fraction of sp³-hybridized carbons (Fsp3) is 0.385. The highest BCUT2D eigenvalue weighted by molar-refractivity contribution is 6.16. The van der Waals surface area contributed by atoms with Gasteiger partial charge in [-0.3, -0.25) is 14.5 Å². The predicted molar refractivity (Wildman–Crippen MR) is 65.7 cm³/mol. The molecule has 0 bridgehead atoms. The Kier molecular flexibility index (Phi) is 3.80. The highest BCUT2D eigenvalue weighted by Crippen LogP contribution is 2.35. The van der Waals surface area contributed by atoms with Crippen molar-refractivity contribution in [1.29, 1.82) is 0 Å². The number of amides is 2. The van der Waals surface area contributed by atoms with Crippen LogP contribution in [-0.2, 0) is 22.3 Å². The summed E-state index contributed by atoms with van der Waals surface area (Å²) in [7, 11) is 0. The van der Waals surface area contributed by atoms with E-state index in [2.05, 4.69) is 0 Å². The number of carbonyl (C=O) groups excluding carboxylic acids is 2. The van der Waals surface area contributed by atoms with Crippen LogP contribution in [0.1, 0.15) is 30.4 Å². The van der Waals surface area contributed by atoms with Crippen LogP contribution in [0.4, 0.5) is 18.9 Å². The molecule has 0 radical (unpaired) electrons. The molecule has 108 valence electrons. The molecule has 4 nitrogen and oxygen atoms in total. The Balaban J connectivity index is 2.48. The Labute approximate surface area is 113 Å². The van der Waals surface area contributed by atoms with Gasteiger partial charge in [-0.2, -0.15) is 13.2 Å². The first kappa shape index (κ1) is 14.5. The van der Waals surface area contributed by atoms with E-state index in [0.717, 1.165) is 11.0 Å². The van der Waals surface area contributed by atoms with E-state index in [4.69, 9.17) is 5.73 Å². The van der Waals surface area contributed by atoms with Crippen LogP contribution in [0, 0.1) is 0 Å². The summed E-state index contributed by atoms with van der Waals surface area (Å²) in [5, 5.41) is 0. The number of anilines is 1. The summed E-state index contributed by atoms with van der Waals surface area (Å²) < 4.78 is 38.8. The molecule has 0 unspecified atom stereocenters. The molecule has 0 spiro atoms. The smallest absolute Gasteiger partial charge is 0.326 e. The SMILES string of the molecule is NCc1ccc(N2C(=O)CCCC2=O)cc1C(F)(F)F. The maximum absolute atomic E-state index is 12.9. The standard InChI is InChI=1S/C13H13F3N2O2/c14-13(15,16)10-6-9(5-4-8(10)7-17)18-11(19)2-1-3-12(18)20/h4-6H,1-3,7,17H2. The van der Waals surface area contributed by atoms with Crippen molar-refractivity contribution in [2.75, 3.05) is 4.90 Å². The van der Waals surface area contributed by atoms with Gasteiger partial charge in [-0.15, -0.1) is 0 Å². The number of nitrogens with two attached hydrogens (primary N) is 1. The Hall–Kier alpha value is -1.89. The minimum atomic E-state index is -4.58. The monoisotopic (exact) mass is 286 g/mol. The van der Waals surface area contributed by atoms with E-state index in [0.29, 0.717) is 6.42 Å². The van der Waals surface area contributed by atoms with Crippen molar-refractivity contribution in [1.82, 2.24) is 0 Å². The molecule has 1 aliphatic heterocycles. The fourth-order valence-electron chi connectivity index (χ4n) is 2.19. The summed E-state index contributed by atoms with van der Waals surface area (Å²) >= 11 is 0. The first-order valence-corrected chi connectivity index (χ1v) is 6.10. The Morgan fingerprint density at radius 1 is 1.15 bits per heavy atom. The third-order valence-electron chi connectivity index (χ3n) is 3.16. The second kappa shape index (κ2) is 5.24. The average Bonchev–Trinajstić information content (AvgIpc) is 2.37. The quantitative estimate of drug-likeness (QED) is 0.848. The van der Waals surface area contributed by atoms with Crippen LogP contribution in [0.15, 0.2) is 18.2 Å². The van der Waals surface area contributed by atoms with Crippen molar-refractivity contribution in [3.63, 3.8) is 0 Å². The van der Waals surface area contributed by atoms with E-state index in [1.54, 1.807) is 0 Å². The maximum atomic E-state index is 12.9. The highest BCUT2D eigenvalue weighted by atomic mass is 19.4. The van der Waals surface area contributed by atoms with Gasteiger partial charge in [-0.1, -0.05) is 6.07 Å². The molecule has 0 aromatic heterocycles. The van der Waals surface area contributed by atoms with E-state index in [1.165, 1.54) is 12.1 Å². The lowest BCUT2D eigenvalue weighted by Crippen LogP contribution is -2.40. The molecule has 1 aromatic rings. The molecule has 0 atom stereocenters. The van der Waals surface area contributed by atoms with Gasteiger partial charge in [-0.05, 0) is 24.1 Å². The minimum absolute atomic E-state index is 0.0516. The number of halogens is 3. The van der Waals surface area contributed by atoms with E-state index >= 15 is 0 Å². The zero-order valence-corrected chi connectivity index (χ0v) is 10.5. The van der Waals surface area contributed by atoms with E-state index in [-0.39, 0.29) is 30.6 Å². The van der Waals surface area contributed by atoms with Crippen LogP contribution in [0.2, 0.25) is 0 Å². The molecule has 0 aliphatic carbocycles. The molecular weight excluding hydrogens is 273 g/mol. The number of piperidine rings is 1. The lowest BCUT2D eigenvalue weighted by Gasteiger charge is -2.26. The zero-order chi connectivity index (χ0) is 14.9. The zero-order valence-electron chi connectivity index (χ0n) is 10.5. The molecular formula is C13H13F3N2O2. The molecule has 1 heterocycles. The lowest BCUT2D eigenvalue weighted by atomic mass is 10.0. The van der Waals surface area contributed by atoms with E-state index in [1.807, 2.05) is 0 Å². The summed E-state index contributed by atoms with van der Waals surface area (Å²) in [6.45, 7) is -0.267. The van der Waals surface area contributed by atoms with Gasteiger partial charge in [0.25, 0.3) is 0 Å². The third kappa shape index (κ3) is 2.67. The molecule has 1 fully saturated rings. The van der Waals surface area contributed by atoms with Gasteiger partial charge >= 0.3 is 6.18 Å². The first-order valence-electron chi connectivity index (χ1n) is 6.10. The summed E-state index contributed by atoms with van der Waals surface area (Å²) in [6.07, 6.45) is -3.83. The lowest BCUT2D eigenvalue weighted by molar-refractivity contribution is -0.138. The number of imide groups is 1. The number of benzene rings is 1. The van der Waals surface area contributed by atoms with Crippen molar-refractivity contribution in [2.24, 2.45) is 5.73 Å². The second-order valence-corrected chi connectivity index (χ2v) is 4.52. The molecule has 0 saturated carbocycles. The predicted octanol–water partition coefficient (Wildman–Crippen LogP) is 2.21. The molecule has 1 aromatic carbocycles. The number of hydrogen-bond acceptors (Lipinski definition) is 3.